The van der Waals surface area contributed by atoms with Gasteiger partial charge in [0.15, 0.2) is 0 Å². The number of benzene rings is 1. The molecule has 0 unspecified atom stereocenters. The smallest absolute Gasteiger partial charge is 0.269 e. The number of carbonyl (C=O) groups is 1. The number of hydrogen-bond donors (Lipinski definition) is 2. The molecular weight excluding hydrogens is 284 g/mol. The fourth-order valence-corrected chi connectivity index (χ4v) is 1.33. The van der Waals surface area contributed by atoms with Crippen LogP contribution in [0.25, 0.3) is 0 Å². The molecule has 0 aliphatic rings. The number of hydrogen-bond acceptors (Lipinski definition) is 5. The summed E-state index contributed by atoms with van der Waals surface area (Å²) in [4.78, 5) is 21.5. The summed E-state index contributed by atoms with van der Waals surface area (Å²) in [6.07, 6.45) is 1.23. The molecule has 7 nitrogen and oxygen atoms in total. The number of nitro groups is 1. The van der Waals surface area contributed by atoms with Gasteiger partial charge in [0, 0.05) is 36.4 Å². The van der Waals surface area contributed by atoms with Crippen molar-refractivity contribution in [3.05, 3.63) is 46.2 Å². The first-order chi connectivity index (χ1) is 9.58. The third-order valence-corrected chi connectivity index (χ3v) is 2.40. The predicted octanol–water partition coefficient (Wildman–Crippen LogP) is 1.77. The van der Waals surface area contributed by atoms with Crippen LogP contribution in [0, 0.1) is 21.4 Å². The van der Waals surface area contributed by atoms with Gasteiger partial charge in [-0.1, -0.05) is 0 Å². The first kappa shape index (κ1) is 15.5. The summed E-state index contributed by atoms with van der Waals surface area (Å²) in [5.41, 5.74) is 0.363. The Morgan fingerprint density at radius 3 is 2.60 bits per heavy atom. The second-order valence-electron chi connectivity index (χ2n) is 3.56. The second-order valence-corrected chi connectivity index (χ2v) is 3.94. The number of non-ortho nitro benzene ring substituents is 1. The van der Waals surface area contributed by atoms with Crippen molar-refractivity contribution in [3.63, 3.8) is 0 Å². The standard InChI is InChI=1S/C12H11ClN4O3/c13-5-6-15-12(18)9(7-14)8-16-10-1-3-11(4-2-10)17(19)20/h1-4,8,16H,5-6H2,(H,15,18)/b9-8-. The maximum absolute atomic E-state index is 11.5. The van der Waals surface area contributed by atoms with Gasteiger partial charge in [-0.15, -0.1) is 11.6 Å². The maximum Gasteiger partial charge on any atom is 0.269 e. The van der Waals surface area contributed by atoms with Crippen LogP contribution in [0.15, 0.2) is 36.0 Å². The van der Waals surface area contributed by atoms with Crippen molar-refractivity contribution in [2.45, 2.75) is 0 Å². The summed E-state index contributed by atoms with van der Waals surface area (Å²) < 4.78 is 0. The molecule has 1 aromatic carbocycles. The Morgan fingerprint density at radius 1 is 1.45 bits per heavy atom. The number of anilines is 1. The first-order valence-corrected chi connectivity index (χ1v) is 6.07. The van der Waals surface area contributed by atoms with Gasteiger partial charge in [0.05, 0.1) is 4.92 Å². The van der Waals surface area contributed by atoms with Crippen molar-refractivity contribution in [1.29, 1.82) is 5.26 Å². The van der Waals surface area contributed by atoms with Crippen molar-refractivity contribution in [1.82, 2.24) is 5.32 Å². The molecule has 0 spiro atoms. The van der Waals surface area contributed by atoms with Gasteiger partial charge in [0.2, 0.25) is 0 Å². The van der Waals surface area contributed by atoms with Gasteiger partial charge in [-0.3, -0.25) is 14.9 Å². The lowest BCUT2D eigenvalue weighted by atomic mass is 10.2. The molecule has 0 aliphatic heterocycles. The predicted molar refractivity (Wildman–Crippen MR) is 74.1 cm³/mol. The van der Waals surface area contributed by atoms with E-state index >= 15 is 0 Å². The topological polar surface area (TPSA) is 108 Å². The van der Waals surface area contributed by atoms with E-state index in [0.717, 1.165) is 0 Å². The number of nitro benzene ring substituents is 1. The average molecular weight is 295 g/mol. The van der Waals surface area contributed by atoms with Crippen molar-refractivity contribution in [3.8, 4) is 6.07 Å². The highest BCUT2D eigenvalue weighted by Gasteiger charge is 2.08. The lowest BCUT2D eigenvalue weighted by molar-refractivity contribution is -0.384. The minimum Gasteiger partial charge on any atom is -0.360 e. The summed E-state index contributed by atoms with van der Waals surface area (Å²) in [5, 5.41) is 24.5. The van der Waals surface area contributed by atoms with Crippen LogP contribution >= 0.6 is 11.6 Å². The SMILES string of the molecule is N#C/C(=C/Nc1ccc([N+](=O)[O-])cc1)C(=O)NCCCl. The number of rotatable bonds is 6. The number of nitriles is 1. The monoisotopic (exact) mass is 294 g/mol. The summed E-state index contributed by atoms with van der Waals surface area (Å²) in [7, 11) is 0. The number of carbonyl (C=O) groups excluding carboxylic acids is 1. The molecule has 0 atom stereocenters. The molecule has 20 heavy (non-hydrogen) atoms. The van der Waals surface area contributed by atoms with Gasteiger partial charge in [0.1, 0.15) is 11.6 Å². The van der Waals surface area contributed by atoms with E-state index in [4.69, 9.17) is 16.9 Å². The van der Waals surface area contributed by atoms with Crippen LogP contribution < -0.4 is 10.6 Å². The van der Waals surface area contributed by atoms with Crippen molar-refractivity contribution in [2.75, 3.05) is 17.7 Å². The van der Waals surface area contributed by atoms with Crippen molar-refractivity contribution >= 4 is 28.9 Å². The Bertz CT molecular complexity index is 563. The molecule has 0 aromatic heterocycles. The molecular formula is C12H11ClN4O3. The molecule has 1 rings (SSSR count). The zero-order valence-corrected chi connectivity index (χ0v) is 11.1. The van der Waals surface area contributed by atoms with Gasteiger partial charge >= 0.3 is 0 Å². The van der Waals surface area contributed by atoms with E-state index in [9.17, 15) is 14.9 Å². The van der Waals surface area contributed by atoms with Gasteiger partial charge in [-0.25, -0.2) is 0 Å². The first-order valence-electron chi connectivity index (χ1n) is 5.54. The van der Waals surface area contributed by atoms with Crippen LogP contribution in [-0.2, 0) is 4.79 Å². The van der Waals surface area contributed by atoms with Crippen LogP contribution in [0.4, 0.5) is 11.4 Å². The van der Waals surface area contributed by atoms with Crippen LogP contribution in [0.3, 0.4) is 0 Å². The van der Waals surface area contributed by atoms with Gasteiger partial charge in [-0.2, -0.15) is 5.26 Å². The Labute approximate surface area is 120 Å². The number of amides is 1. The fraction of sp³-hybridized carbons (Fsp3) is 0.167. The maximum atomic E-state index is 11.5. The van der Waals surface area contributed by atoms with E-state index in [-0.39, 0.29) is 23.7 Å². The molecule has 1 amide bonds. The van der Waals surface area contributed by atoms with Crippen LogP contribution in [-0.4, -0.2) is 23.3 Å². The molecule has 0 saturated heterocycles. The Hall–Kier alpha value is -2.59. The minimum absolute atomic E-state index is 0.0418. The Balaban J connectivity index is 2.71. The lowest BCUT2D eigenvalue weighted by Gasteiger charge is -2.03. The van der Waals surface area contributed by atoms with Crippen LogP contribution in [0.2, 0.25) is 0 Å². The molecule has 0 bridgehead atoms. The molecule has 0 radical (unpaired) electrons. The molecule has 2 N–H and O–H groups in total. The van der Waals surface area contributed by atoms with Gasteiger partial charge in [-0.05, 0) is 12.1 Å². The zero-order valence-electron chi connectivity index (χ0n) is 10.3. The van der Waals surface area contributed by atoms with Crippen LogP contribution in [0.1, 0.15) is 0 Å². The van der Waals surface area contributed by atoms with E-state index < -0.39 is 10.8 Å². The second kappa shape index (κ2) is 7.76. The highest BCUT2D eigenvalue weighted by atomic mass is 35.5. The third-order valence-electron chi connectivity index (χ3n) is 2.21. The van der Waals surface area contributed by atoms with E-state index in [0.29, 0.717) is 5.69 Å². The number of nitrogens with one attached hydrogen (secondary N) is 2. The van der Waals surface area contributed by atoms with Crippen molar-refractivity contribution in [2.24, 2.45) is 0 Å². The molecule has 0 heterocycles. The fourth-order valence-electron chi connectivity index (χ4n) is 1.24. The van der Waals surface area contributed by atoms with E-state index in [1.807, 2.05) is 0 Å². The normalized spacial score (nSPS) is 10.5. The number of alkyl halides is 1. The Morgan fingerprint density at radius 2 is 2.10 bits per heavy atom. The molecule has 104 valence electrons. The quantitative estimate of drug-likeness (QED) is 0.273. The molecule has 0 saturated carbocycles. The van der Waals surface area contributed by atoms with Crippen molar-refractivity contribution < 1.29 is 9.72 Å². The highest BCUT2D eigenvalue weighted by molar-refractivity contribution is 6.18. The van der Waals surface area contributed by atoms with E-state index in [2.05, 4.69) is 10.6 Å². The average Bonchev–Trinajstić information content (AvgIpc) is 2.46. The zero-order chi connectivity index (χ0) is 15.0. The summed E-state index contributed by atoms with van der Waals surface area (Å²) in [5.74, 6) is -0.289. The molecule has 8 heteroatoms. The van der Waals surface area contributed by atoms with Gasteiger partial charge in [0.25, 0.3) is 11.6 Å². The minimum atomic E-state index is -0.539. The van der Waals surface area contributed by atoms with E-state index in [1.54, 1.807) is 6.07 Å². The summed E-state index contributed by atoms with van der Waals surface area (Å²) in [6, 6.07) is 7.32. The number of nitrogens with zero attached hydrogens (tertiary/aromatic N) is 2. The summed E-state index contributed by atoms with van der Waals surface area (Å²) >= 11 is 5.42. The molecule has 0 aliphatic carbocycles. The van der Waals surface area contributed by atoms with E-state index in [1.165, 1.54) is 30.5 Å². The van der Waals surface area contributed by atoms with Gasteiger partial charge < -0.3 is 10.6 Å². The highest BCUT2D eigenvalue weighted by Crippen LogP contribution is 2.15. The third kappa shape index (κ3) is 4.59. The largest absolute Gasteiger partial charge is 0.360 e. The molecule has 0 fully saturated rings. The molecule has 1 aromatic rings. The number of halogens is 1. The van der Waals surface area contributed by atoms with Crippen LogP contribution in [0.5, 0.6) is 0 Å². The Kier molecular flexibility index (Phi) is 6.00. The lowest BCUT2D eigenvalue weighted by Crippen LogP contribution is -2.26. The summed E-state index contributed by atoms with van der Waals surface area (Å²) in [6.45, 7) is 0.261.